The summed E-state index contributed by atoms with van der Waals surface area (Å²) >= 11 is 12.3. The van der Waals surface area contributed by atoms with Gasteiger partial charge in [-0.3, -0.25) is 0 Å². The molecule has 0 saturated heterocycles. The maximum atomic E-state index is 12.4. The Balaban J connectivity index is 3.12. The van der Waals surface area contributed by atoms with E-state index in [4.69, 9.17) is 23.2 Å². The lowest BCUT2D eigenvalue weighted by molar-refractivity contribution is 0.350. The molecule has 0 unspecified atom stereocenters. The van der Waals surface area contributed by atoms with Crippen molar-refractivity contribution in [1.82, 2.24) is 10.0 Å². The van der Waals surface area contributed by atoms with Crippen molar-refractivity contribution in [1.29, 1.82) is 0 Å². The molecule has 0 spiro atoms. The molecule has 0 heterocycles. The fourth-order valence-corrected chi connectivity index (χ4v) is 3.77. The van der Waals surface area contributed by atoms with Crippen molar-refractivity contribution in [3.8, 4) is 0 Å². The largest absolute Gasteiger partial charge is 0.316 e. The Hall–Kier alpha value is -0.330. The average molecular weight is 353 g/mol. The Morgan fingerprint density at radius 2 is 1.86 bits per heavy atom. The van der Waals surface area contributed by atoms with Gasteiger partial charge in [0.15, 0.2) is 0 Å². The van der Waals surface area contributed by atoms with Crippen molar-refractivity contribution in [3.05, 3.63) is 27.7 Å². The minimum Gasteiger partial charge on any atom is -0.316 e. The van der Waals surface area contributed by atoms with Gasteiger partial charge in [0.2, 0.25) is 10.0 Å². The van der Waals surface area contributed by atoms with Crippen molar-refractivity contribution in [2.45, 2.75) is 38.6 Å². The van der Waals surface area contributed by atoms with Crippen molar-refractivity contribution in [2.75, 3.05) is 13.6 Å². The number of hydrogen-bond acceptors (Lipinski definition) is 3. The third-order valence-corrected chi connectivity index (χ3v) is 5.83. The Morgan fingerprint density at radius 3 is 2.38 bits per heavy atom. The van der Waals surface area contributed by atoms with E-state index in [1.807, 2.05) is 20.8 Å². The molecule has 120 valence electrons. The van der Waals surface area contributed by atoms with E-state index in [9.17, 15) is 8.42 Å². The first kappa shape index (κ1) is 18.7. The molecular formula is C14H22Cl2N2O2S. The van der Waals surface area contributed by atoms with Crippen molar-refractivity contribution >= 4 is 33.2 Å². The van der Waals surface area contributed by atoms with Gasteiger partial charge in [-0.2, -0.15) is 0 Å². The summed E-state index contributed by atoms with van der Waals surface area (Å²) in [5.41, 5.74) is 0.471. The molecule has 4 nitrogen and oxygen atoms in total. The van der Waals surface area contributed by atoms with Crippen LogP contribution in [0.2, 0.25) is 10.0 Å². The standard InChI is InChI=1S/C14H22Cl2N2O2S/c1-5-14(2,3)9-18-21(19,20)12-7-6-11(15)10(8-17-4)13(12)16/h6-7,17-18H,5,8-9H2,1-4H3. The normalized spacial score (nSPS) is 12.7. The van der Waals surface area contributed by atoms with E-state index >= 15 is 0 Å². The van der Waals surface area contributed by atoms with Gasteiger partial charge in [0, 0.05) is 23.7 Å². The Bertz CT molecular complexity index is 601. The number of nitrogens with one attached hydrogen (secondary N) is 2. The second-order valence-electron chi connectivity index (χ2n) is 5.71. The van der Waals surface area contributed by atoms with Crippen molar-refractivity contribution < 1.29 is 8.42 Å². The topological polar surface area (TPSA) is 58.2 Å². The van der Waals surface area contributed by atoms with Gasteiger partial charge in [-0.05, 0) is 31.0 Å². The molecule has 0 aliphatic heterocycles. The molecule has 2 N–H and O–H groups in total. The molecule has 1 rings (SSSR count). The Kier molecular flexibility index (Phi) is 6.50. The van der Waals surface area contributed by atoms with Gasteiger partial charge < -0.3 is 5.32 Å². The second kappa shape index (κ2) is 7.29. The van der Waals surface area contributed by atoms with E-state index < -0.39 is 10.0 Å². The molecule has 1 aromatic carbocycles. The quantitative estimate of drug-likeness (QED) is 0.790. The first-order valence-electron chi connectivity index (χ1n) is 6.76. The predicted molar refractivity (Wildman–Crippen MR) is 88.5 cm³/mol. The summed E-state index contributed by atoms with van der Waals surface area (Å²) in [7, 11) is -1.91. The van der Waals surface area contributed by atoms with Gasteiger partial charge in [-0.25, -0.2) is 13.1 Å². The van der Waals surface area contributed by atoms with Crippen LogP contribution in [0.5, 0.6) is 0 Å². The molecule has 0 bridgehead atoms. The van der Waals surface area contributed by atoms with Crippen LogP contribution in [0.3, 0.4) is 0 Å². The maximum Gasteiger partial charge on any atom is 0.242 e. The summed E-state index contributed by atoms with van der Waals surface area (Å²) in [6.07, 6.45) is 0.870. The molecule has 0 radical (unpaired) electrons. The van der Waals surface area contributed by atoms with Crippen molar-refractivity contribution in [3.63, 3.8) is 0 Å². The predicted octanol–water partition coefficient (Wildman–Crippen LogP) is 3.43. The Morgan fingerprint density at radius 1 is 1.24 bits per heavy atom. The van der Waals surface area contributed by atoms with Crippen LogP contribution in [0.4, 0.5) is 0 Å². The number of sulfonamides is 1. The number of hydrogen-bond donors (Lipinski definition) is 2. The lowest BCUT2D eigenvalue weighted by Crippen LogP contribution is -2.33. The van der Waals surface area contributed by atoms with Gasteiger partial charge in [0.25, 0.3) is 0 Å². The van der Waals surface area contributed by atoms with E-state index in [0.717, 1.165) is 6.42 Å². The Labute approximate surface area is 137 Å². The van der Waals surface area contributed by atoms with Gasteiger partial charge in [0.05, 0.1) is 5.02 Å². The van der Waals surface area contributed by atoms with E-state index in [-0.39, 0.29) is 15.3 Å². The van der Waals surface area contributed by atoms with Crippen LogP contribution < -0.4 is 10.0 Å². The minimum absolute atomic E-state index is 0.0609. The molecule has 0 fully saturated rings. The summed E-state index contributed by atoms with van der Waals surface area (Å²) in [5, 5.41) is 3.54. The first-order chi connectivity index (χ1) is 9.64. The second-order valence-corrected chi connectivity index (χ2v) is 8.23. The van der Waals surface area contributed by atoms with Crippen LogP contribution in [-0.2, 0) is 16.6 Å². The summed E-state index contributed by atoms with van der Waals surface area (Å²) in [6.45, 7) is 6.79. The molecule has 0 amide bonds. The molecule has 0 aliphatic carbocycles. The molecular weight excluding hydrogens is 331 g/mol. The number of halogens is 2. The third kappa shape index (κ3) is 4.83. The molecule has 0 saturated carbocycles. The first-order valence-corrected chi connectivity index (χ1v) is 8.99. The lowest BCUT2D eigenvalue weighted by Gasteiger charge is -2.23. The van der Waals surface area contributed by atoms with Gasteiger partial charge in [0.1, 0.15) is 4.90 Å². The molecule has 0 atom stereocenters. The zero-order chi connectivity index (χ0) is 16.3. The maximum absolute atomic E-state index is 12.4. The van der Waals surface area contributed by atoms with E-state index in [2.05, 4.69) is 10.0 Å². The van der Waals surface area contributed by atoms with Gasteiger partial charge >= 0.3 is 0 Å². The summed E-state index contributed by atoms with van der Waals surface area (Å²) in [5.74, 6) is 0. The number of benzene rings is 1. The highest BCUT2D eigenvalue weighted by Gasteiger charge is 2.24. The highest BCUT2D eigenvalue weighted by atomic mass is 35.5. The van der Waals surface area contributed by atoms with Gasteiger partial charge in [-0.15, -0.1) is 0 Å². The smallest absolute Gasteiger partial charge is 0.242 e. The molecule has 21 heavy (non-hydrogen) atoms. The van der Waals surface area contributed by atoms with Crippen LogP contribution in [0, 0.1) is 5.41 Å². The van der Waals surface area contributed by atoms with Gasteiger partial charge in [-0.1, -0.05) is 44.0 Å². The summed E-state index contributed by atoms with van der Waals surface area (Å²) in [6, 6.07) is 2.99. The minimum atomic E-state index is -3.66. The van der Waals surface area contributed by atoms with Crippen LogP contribution in [-0.4, -0.2) is 22.0 Å². The average Bonchev–Trinajstić information content (AvgIpc) is 2.41. The fraction of sp³-hybridized carbons (Fsp3) is 0.571. The van der Waals surface area contributed by atoms with Crippen LogP contribution >= 0.6 is 23.2 Å². The van der Waals surface area contributed by atoms with Crippen LogP contribution in [0.1, 0.15) is 32.8 Å². The molecule has 1 aromatic rings. The van der Waals surface area contributed by atoms with Crippen molar-refractivity contribution in [2.24, 2.45) is 5.41 Å². The monoisotopic (exact) mass is 352 g/mol. The lowest BCUT2D eigenvalue weighted by atomic mass is 9.91. The third-order valence-electron chi connectivity index (χ3n) is 3.49. The van der Waals surface area contributed by atoms with Crippen LogP contribution in [0.15, 0.2) is 17.0 Å². The van der Waals surface area contributed by atoms with E-state index in [1.165, 1.54) is 6.07 Å². The molecule has 7 heteroatoms. The SMILES string of the molecule is CCC(C)(C)CNS(=O)(=O)c1ccc(Cl)c(CNC)c1Cl. The van der Waals surface area contributed by atoms with Crippen LogP contribution in [0.25, 0.3) is 0 Å². The highest BCUT2D eigenvalue weighted by Crippen LogP contribution is 2.31. The highest BCUT2D eigenvalue weighted by molar-refractivity contribution is 7.89. The summed E-state index contributed by atoms with van der Waals surface area (Å²) < 4.78 is 27.5. The molecule has 0 aromatic heterocycles. The zero-order valence-electron chi connectivity index (χ0n) is 12.8. The van der Waals surface area contributed by atoms with E-state index in [1.54, 1.807) is 13.1 Å². The zero-order valence-corrected chi connectivity index (χ0v) is 15.1. The number of rotatable bonds is 7. The fourth-order valence-electron chi connectivity index (χ4n) is 1.62. The molecule has 0 aliphatic rings. The summed E-state index contributed by atoms with van der Waals surface area (Å²) in [4.78, 5) is 0.0609. The van der Waals surface area contributed by atoms with E-state index in [0.29, 0.717) is 23.7 Å².